The molecule has 1 atom stereocenters. The van der Waals surface area contributed by atoms with E-state index < -0.39 is 5.41 Å². The Kier molecular flexibility index (Phi) is 7.12. The molecule has 0 radical (unpaired) electrons. The fourth-order valence-corrected chi connectivity index (χ4v) is 4.72. The molecule has 0 aliphatic carbocycles. The first-order valence-corrected chi connectivity index (χ1v) is 12.7. The van der Waals surface area contributed by atoms with Crippen molar-refractivity contribution in [1.82, 2.24) is 9.55 Å². The van der Waals surface area contributed by atoms with Gasteiger partial charge in [-0.25, -0.2) is 0 Å². The second-order valence-electron chi connectivity index (χ2n) is 10.8. The predicted molar refractivity (Wildman–Crippen MR) is 152 cm³/mol. The molecule has 2 aromatic heterocycles. The van der Waals surface area contributed by atoms with Crippen LogP contribution >= 0.6 is 0 Å². The lowest BCUT2D eigenvalue weighted by molar-refractivity contribution is 0.0870. The molecule has 0 aliphatic rings. The highest BCUT2D eigenvalue weighted by Crippen LogP contribution is 2.32. The van der Waals surface area contributed by atoms with Crippen LogP contribution in [-0.4, -0.2) is 15.2 Å². The Morgan fingerprint density at radius 1 is 1.05 bits per heavy atom. The summed E-state index contributed by atoms with van der Waals surface area (Å²) in [4.78, 5) is 4.83. The third-order valence-electron chi connectivity index (χ3n) is 6.68. The van der Waals surface area contributed by atoms with Crippen LogP contribution in [0.3, 0.4) is 0 Å². The van der Waals surface area contributed by atoms with Gasteiger partial charge in [0.15, 0.2) is 0 Å². The van der Waals surface area contributed by atoms with Gasteiger partial charge in [0.1, 0.15) is 5.60 Å². The number of rotatable bonds is 7. The third-order valence-corrected chi connectivity index (χ3v) is 6.68. The maximum Gasteiger partial charge on any atom is 0.244 e. The van der Waals surface area contributed by atoms with Crippen LogP contribution in [0.2, 0.25) is 0 Å². The fraction of sp³-hybridized carbons (Fsp3) is 0.303. The zero-order valence-electron chi connectivity index (χ0n) is 22.7. The van der Waals surface area contributed by atoms with Gasteiger partial charge >= 0.3 is 0 Å². The van der Waals surface area contributed by atoms with Crippen LogP contribution in [0.5, 0.6) is 0 Å². The standard InChI is InChI=1S/C33H35N3O/c1-8-25-19-26-15-16-28(20-29(26)35-23(25)3)33(7,22-34)21-24-12-10-13-27(18-24)30-14-11-17-36(30)31(9-2)37-32(4,5)6/h10-20H,2,8,21H2,1,3-7H3. The lowest BCUT2D eigenvalue weighted by Gasteiger charge is -2.24. The zero-order valence-corrected chi connectivity index (χ0v) is 22.7. The van der Waals surface area contributed by atoms with E-state index in [0.29, 0.717) is 12.3 Å². The van der Waals surface area contributed by atoms with Crippen LogP contribution in [0.15, 0.2) is 79.2 Å². The summed E-state index contributed by atoms with van der Waals surface area (Å²) in [5.41, 5.74) is 9.18. The first-order chi connectivity index (χ1) is 17.6. The number of nitriles is 1. The third kappa shape index (κ3) is 5.53. The van der Waals surface area contributed by atoms with Crippen LogP contribution in [0.25, 0.3) is 28.0 Å². The topological polar surface area (TPSA) is 50.8 Å². The van der Waals surface area contributed by atoms with Crippen molar-refractivity contribution in [2.45, 2.75) is 65.4 Å². The van der Waals surface area contributed by atoms with Gasteiger partial charge in [0.05, 0.1) is 22.7 Å². The molecule has 0 saturated carbocycles. The molecule has 0 bridgehead atoms. The summed E-state index contributed by atoms with van der Waals surface area (Å²) < 4.78 is 8.06. The Morgan fingerprint density at radius 3 is 2.51 bits per heavy atom. The molecule has 4 aromatic rings. The quantitative estimate of drug-likeness (QED) is 0.195. The van der Waals surface area contributed by atoms with Gasteiger partial charge in [-0.05, 0) is 100 Å². The highest BCUT2D eigenvalue weighted by molar-refractivity contribution is 5.81. The van der Waals surface area contributed by atoms with Crippen LogP contribution in [-0.2, 0) is 23.0 Å². The van der Waals surface area contributed by atoms with Crippen molar-refractivity contribution in [3.05, 3.63) is 102 Å². The van der Waals surface area contributed by atoms with Crippen molar-refractivity contribution in [1.29, 1.82) is 5.26 Å². The molecule has 37 heavy (non-hydrogen) atoms. The second kappa shape index (κ2) is 10.1. The van der Waals surface area contributed by atoms with Gasteiger partial charge in [-0.3, -0.25) is 9.55 Å². The van der Waals surface area contributed by atoms with E-state index in [0.717, 1.165) is 45.4 Å². The monoisotopic (exact) mass is 489 g/mol. The fourth-order valence-electron chi connectivity index (χ4n) is 4.72. The number of benzene rings is 2. The molecule has 0 aliphatic heterocycles. The van der Waals surface area contributed by atoms with Gasteiger partial charge in [0.2, 0.25) is 5.88 Å². The van der Waals surface area contributed by atoms with Crippen LogP contribution in [0, 0.1) is 18.3 Å². The molecule has 2 aromatic carbocycles. The van der Waals surface area contributed by atoms with E-state index in [1.165, 1.54) is 5.56 Å². The normalized spacial score (nSPS) is 13.0. The number of hydrogen-bond donors (Lipinski definition) is 0. The molecule has 0 fully saturated rings. The van der Waals surface area contributed by atoms with Gasteiger partial charge in [-0.2, -0.15) is 5.26 Å². The average molecular weight is 490 g/mol. The van der Waals surface area contributed by atoms with Crippen LogP contribution in [0.4, 0.5) is 0 Å². The summed E-state index contributed by atoms with van der Waals surface area (Å²) in [7, 11) is 0. The zero-order chi connectivity index (χ0) is 26.8. The summed E-state index contributed by atoms with van der Waals surface area (Å²) in [6.45, 7) is 16.0. The molecule has 1 unspecified atom stereocenters. The van der Waals surface area contributed by atoms with Gasteiger partial charge in [0, 0.05) is 17.3 Å². The molecule has 0 spiro atoms. The minimum atomic E-state index is -0.699. The van der Waals surface area contributed by atoms with E-state index in [4.69, 9.17) is 9.72 Å². The van der Waals surface area contributed by atoms with E-state index in [1.807, 2.05) is 56.7 Å². The Bertz CT molecular complexity index is 1540. The Labute approximate surface area is 220 Å². The number of hydrogen-bond acceptors (Lipinski definition) is 3. The van der Waals surface area contributed by atoms with Crippen molar-refractivity contribution in [3.8, 4) is 17.3 Å². The summed E-state index contributed by atoms with van der Waals surface area (Å²) >= 11 is 0. The van der Waals surface area contributed by atoms with Crippen molar-refractivity contribution in [2.75, 3.05) is 0 Å². The average Bonchev–Trinajstić information content (AvgIpc) is 3.36. The molecule has 0 saturated heterocycles. The number of pyridine rings is 1. The summed E-state index contributed by atoms with van der Waals surface area (Å²) in [5, 5.41) is 11.4. The molecular formula is C33H35N3O. The lowest BCUT2D eigenvalue weighted by Crippen LogP contribution is -2.23. The van der Waals surface area contributed by atoms with Crippen LogP contribution in [0.1, 0.15) is 57.0 Å². The number of fused-ring (bicyclic) bond motifs is 1. The maximum atomic E-state index is 10.3. The molecule has 188 valence electrons. The van der Waals surface area contributed by atoms with Gasteiger partial charge in [0.25, 0.3) is 0 Å². The first-order valence-electron chi connectivity index (χ1n) is 12.7. The molecule has 4 rings (SSSR count). The van der Waals surface area contributed by atoms with Crippen LogP contribution < -0.4 is 0 Å². The van der Waals surface area contributed by atoms with Gasteiger partial charge in [-0.1, -0.05) is 49.6 Å². The maximum absolute atomic E-state index is 10.3. The van der Waals surface area contributed by atoms with Gasteiger partial charge < -0.3 is 4.74 Å². The van der Waals surface area contributed by atoms with Crippen molar-refractivity contribution in [3.63, 3.8) is 0 Å². The second-order valence-corrected chi connectivity index (χ2v) is 10.8. The van der Waals surface area contributed by atoms with Gasteiger partial charge in [-0.15, -0.1) is 0 Å². The molecule has 2 heterocycles. The lowest BCUT2D eigenvalue weighted by atomic mass is 9.78. The number of aryl methyl sites for hydroxylation is 2. The van der Waals surface area contributed by atoms with E-state index in [-0.39, 0.29) is 5.60 Å². The van der Waals surface area contributed by atoms with E-state index in [9.17, 15) is 5.26 Å². The minimum Gasteiger partial charge on any atom is -0.467 e. The number of aromatic nitrogens is 2. The molecule has 4 nitrogen and oxygen atoms in total. The Morgan fingerprint density at radius 2 is 1.84 bits per heavy atom. The molecule has 0 N–H and O–H groups in total. The highest BCUT2D eigenvalue weighted by Gasteiger charge is 2.28. The summed E-state index contributed by atoms with van der Waals surface area (Å²) in [6, 6.07) is 23.4. The predicted octanol–water partition coefficient (Wildman–Crippen LogP) is 8.00. The smallest absolute Gasteiger partial charge is 0.244 e. The minimum absolute atomic E-state index is 0.372. The van der Waals surface area contributed by atoms with Crippen molar-refractivity contribution >= 4 is 16.8 Å². The largest absolute Gasteiger partial charge is 0.467 e. The molecule has 4 heteroatoms. The summed E-state index contributed by atoms with van der Waals surface area (Å²) in [5.74, 6) is 0.560. The highest BCUT2D eigenvalue weighted by atomic mass is 16.5. The Balaban J connectivity index is 1.68. The van der Waals surface area contributed by atoms with Crippen molar-refractivity contribution < 1.29 is 4.74 Å². The van der Waals surface area contributed by atoms with Crippen molar-refractivity contribution in [2.24, 2.45) is 0 Å². The van der Waals surface area contributed by atoms with E-state index >= 15 is 0 Å². The van der Waals surface area contributed by atoms with E-state index in [2.05, 4.69) is 74.7 Å². The summed E-state index contributed by atoms with van der Waals surface area (Å²) in [6.07, 6.45) is 3.49. The first kappa shape index (κ1) is 26.0. The Hall–Kier alpha value is -4.06. The number of nitrogens with zero attached hydrogens (tertiary/aromatic N) is 3. The SMILES string of the molecule is C=C=C(OC(C)(C)C)n1cccc1-c1cccc(CC(C)(C#N)c2ccc3cc(CC)c(C)nc3c2)c1. The van der Waals surface area contributed by atoms with E-state index in [1.54, 1.807) is 0 Å². The molecular weight excluding hydrogens is 454 g/mol. The molecule has 0 amide bonds. The number of ether oxygens (including phenoxy) is 1.